The highest BCUT2D eigenvalue weighted by atomic mass is 16.5. The number of aliphatic hydroxyl groups is 1. The minimum absolute atomic E-state index is 0.0121. The van der Waals surface area contributed by atoms with Gasteiger partial charge in [0.15, 0.2) is 5.82 Å². The summed E-state index contributed by atoms with van der Waals surface area (Å²) in [5.41, 5.74) is 10.1. The average molecular weight is 362 g/mol. The molecule has 0 aliphatic carbocycles. The zero-order valence-electron chi connectivity index (χ0n) is 15.0. The fourth-order valence-electron chi connectivity index (χ4n) is 3.13. The average Bonchev–Trinajstić information content (AvgIpc) is 2.74. The molecule has 0 atom stereocenters. The molecule has 138 valence electrons. The molecule has 0 radical (unpaired) electrons. The molecule has 27 heavy (non-hydrogen) atoms. The maximum Gasteiger partial charge on any atom is 0.162 e. The molecule has 6 heteroatoms. The number of aliphatic hydroxyl groups excluding tert-OH is 1. The summed E-state index contributed by atoms with van der Waals surface area (Å²) in [7, 11) is 0. The second-order valence-corrected chi connectivity index (χ2v) is 6.51. The Labute approximate surface area is 158 Å². The van der Waals surface area contributed by atoms with E-state index in [4.69, 9.17) is 20.4 Å². The molecule has 0 spiro atoms. The lowest BCUT2D eigenvalue weighted by atomic mass is 10.1. The van der Waals surface area contributed by atoms with Gasteiger partial charge >= 0.3 is 0 Å². The van der Waals surface area contributed by atoms with Crippen molar-refractivity contribution >= 4 is 11.5 Å². The summed E-state index contributed by atoms with van der Waals surface area (Å²) in [5.74, 6) is 1.52. The van der Waals surface area contributed by atoms with Crippen molar-refractivity contribution in [2.24, 2.45) is 0 Å². The van der Waals surface area contributed by atoms with Crippen LogP contribution >= 0.6 is 0 Å². The molecule has 3 N–H and O–H groups in total. The number of hydrogen-bond donors (Lipinski definition) is 2. The molecule has 1 aromatic heterocycles. The Morgan fingerprint density at radius 1 is 0.963 bits per heavy atom. The van der Waals surface area contributed by atoms with Crippen LogP contribution in [0.1, 0.15) is 5.56 Å². The summed E-state index contributed by atoms with van der Waals surface area (Å²) in [6.45, 7) is 2.97. The highest BCUT2D eigenvalue weighted by Crippen LogP contribution is 2.27. The fourth-order valence-corrected chi connectivity index (χ4v) is 3.13. The molecule has 0 amide bonds. The van der Waals surface area contributed by atoms with Gasteiger partial charge < -0.3 is 20.5 Å². The lowest BCUT2D eigenvalue weighted by Gasteiger charge is -2.28. The Hall–Kier alpha value is -2.96. The predicted octanol–water partition coefficient (Wildman–Crippen LogP) is 2.72. The summed E-state index contributed by atoms with van der Waals surface area (Å²) in [6.07, 6.45) is 0. The molecule has 1 aliphatic rings. The standard InChI is InChI=1S/C21H22N4O2/c22-18-6-4-16(5-7-18)19-13-20(25-8-10-27-11-9-25)24-21(23-19)17-3-1-2-15(12-17)14-26/h1-7,12-13,26H,8-11,14,22H2. The Kier molecular flexibility index (Phi) is 5.00. The Bertz CT molecular complexity index is 922. The molecule has 0 unspecified atom stereocenters. The van der Waals surface area contributed by atoms with Gasteiger partial charge in [0.05, 0.1) is 25.5 Å². The normalized spacial score (nSPS) is 14.3. The lowest BCUT2D eigenvalue weighted by molar-refractivity contribution is 0.122. The van der Waals surface area contributed by atoms with Gasteiger partial charge in [-0.3, -0.25) is 0 Å². The third-order valence-electron chi connectivity index (χ3n) is 4.62. The van der Waals surface area contributed by atoms with Crippen molar-refractivity contribution < 1.29 is 9.84 Å². The molecule has 0 bridgehead atoms. The van der Waals surface area contributed by atoms with Crippen molar-refractivity contribution in [3.05, 3.63) is 60.2 Å². The third kappa shape index (κ3) is 3.92. The molecule has 2 aromatic carbocycles. The zero-order valence-corrected chi connectivity index (χ0v) is 15.0. The van der Waals surface area contributed by atoms with E-state index in [0.717, 1.165) is 47.0 Å². The minimum Gasteiger partial charge on any atom is -0.399 e. The number of hydrogen-bond acceptors (Lipinski definition) is 6. The van der Waals surface area contributed by atoms with E-state index in [9.17, 15) is 5.11 Å². The van der Waals surface area contributed by atoms with Crippen LogP contribution in [0.15, 0.2) is 54.6 Å². The summed E-state index contributed by atoms with van der Waals surface area (Å²) in [6, 6.07) is 17.4. The molecule has 2 heterocycles. The smallest absolute Gasteiger partial charge is 0.162 e. The van der Waals surface area contributed by atoms with Crippen LogP contribution in [-0.4, -0.2) is 41.4 Å². The summed E-state index contributed by atoms with van der Waals surface area (Å²) >= 11 is 0. The van der Waals surface area contributed by atoms with E-state index >= 15 is 0 Å². The number of benzene rings is 2. The summed E-state index contributed by atoms with van der Waals surface area (Å²) in [4.78, 5) is 11.8. The van der Waals surface area contributed by atoms with E-state index in [1.54, 1.807) is 0 Å². The van der Waals surface area contributed by atoms with Crippen LogP contribution in [0.5, 0.6) is 0 Å². The SMILES string of the molecule is Nc1ccc(-c2cc(N3CCOCC3)nc(-c3cccc(CO)c3)n2)cc1. The van der Waals surface area contributed by atoms with Gasteiger partial charge in [0.1, 0.15) is 5.82 Å². The monoisotopic (exact) mass is 362 g/mol. The van der Waals surface area contributed by atoms with E-state index in [1.165, 1.54) is 0 Å². The molecule has 1 aliphatic heterocycles. The van der Waals surface area contributed by atoms with Crippen molar-refractivity contribution in [3.8, 4) is 22.6 Å². The van der Waals surface area contributed by atoms with Gasteiger partial charge in [-0.25, -0.2) is 9.97 Å². The number of morpholine rings is 1. The maximum atomic E-state index is 9.45. The van der Waals surface area contributed by atoms with Crippen LogP contribution in [0.4, 0.5) is 11.5 Å². The first-order valence-electron chi connectivity index (χ1n) is 9.01. The fraction of sp³-hybridized carbons (Fsp3) is 0.238. The first-order chi connectivity index (χ1) is 13.2. The van der Waals surface area contributed by atoms with E-state index in [0.29, 0.717) is 19.0 Å². The van der Waals surface area contributed by atoms with Gasteiger partial charge in [-0.05, 0) is 23.8 Å². The van der Waals surface area contributed by atoms with E-state index < -0.39 is 0 Å². The number of nitrogens with zero attached hydrogens (tertiary/aromatic N) is 3. The number of nitrogens with two attached hydrogens (primary N) is 1. The van der Waals surface area contributed by atoms with Crippen molar-refractivity contribution in [1.82, 2.24) is 9.97 Å². The van der Waals surface area contributed by atoms with Gasteiger partial charge in [-0.1, -0.05) is 30.3 Å². The molecule has 6 nitrogen and oxygen atoms in total. The zero-order chi connectivity index (χ0) is 18.6. The van der Waals surface area contributed by atoms with E-state index in [-0.39, 0.29) is 6.61 Å². The molecular formula is C21H22N4O2. The first-order valence-corrected chi connectivity index (χ1v) is 9.01. The van der Waals surface area contributed by atoms with Crippen LogP contribution in [0.25, 0.3) is 22.6 Å². The Balaban J connectivity index is 1.81. The largest absolute Gasteiger partial charge is 0.399 e. The number of anilines is 2. The number of nitrogen functional groups attached to an aromatic ring is 1. The van der Waals surface area contributed by atoms with Crippen molar-refractivity contribution in [3.63, 3.8) is 0 Å². The van der Waals surface area contributed by atoms with Crippen molar-refractivity contribution in [2.45, 2.75) is 6.61 Å². The molecule has 4 rings (SSSR count). The van der Waals surface area contributed by atoms with Crippen LogP contribution < -0.4 is 10.6 Å². The molecule has 1 fully saturated rings. The van der Waals surface area contributed by atoms with Gasteiger partial charge in [0, 0.05) is 36.0 Å². The topological polar surface area (TPSA) is 84.5 Å². The van der Waals surface area contributed by atoms with Crippen LogP contribution in [-0.2, 0) is 11.3 Å². The quantitative estimate of drug-likeness (QED) is 0.694. The van der Waals surface area contributed by atoms with Crippen molar-refractivity contribution in [1.29, 1.82) is 0 Å². The second-order valence-electron chi connectivity index (χ2n) is 6.51. The second kappa shape index (κ2) is 7.73. The number of rotatable bonds is 4. The first kappa shape index (κ1) is 17.5. The number of aromatic nitrogens is 2. The maximum absolute atomic E-state index is 9.45. The van der Waals surface area contributed by atoms with Crippen LogP contribution in [0, 0.1) is 0 Å². The highest BCUT2D eigenvalue weighted by molar-refractivity contribution is 5.69. The molecule has 0 saturated carbocycles. The van der Waals surface area contributed by atoms with Crippen LogP contribution in [0.3, 0.4) is 0 Å². The summed E-state index contributed by atoms with van der Waals surface area (Å²) < 4.78 is 5.47. The van der Waals surface area contributed by atoms with Gasteiger partial charge in [0.2, 0.25) is 0 Å². The number of ether oxygens (including phenoxy) is 1. The van der Waals surface area contributed by atoms with E-state index in [1.807, 2.05) is 54.6 Å². The van der Waals surface area contributed by atoms with Gasteiger partial charge in [-0.15, -0.1) is 0 Å². The van der Waals surface area contributed by atoms with E-state index in [2.05, 4.69) is 4.90 Å². The minimum atomic E-state index is -0.0121. The molecular weight excluding hydrogens is 340 g/mol. The molecule has 1 saturated heterocycles. The lowest BCUT2D eigenvalue weighted by Crippen LogP contribution is -2.36. The van der Waals surface area contributed by atoms with Gasteiger partial charge in [0.25, 0.3) is 0 Å². The Morgan fingerprint density at radius 2 is 1.74 bits per heavy atom. The van der Waals surface area contributed by atoms with Crippen molar-refractivity contribution in [2.75, 3.05) is 36.9 Å². The Morgan fingerprint density at radius 3 is 2.48 bits per heavy atom. The highest BCUT2D eigenvalue weighted by Gasteiger charge is 2.16. The third-order valence-corrected chi connectivity index (χ3v) is 4.62. The molecule has 3 aromatic rings. The summed E-state index contributed by atoms with van der Waals surface area (Å²) in [5, 5.41) is 9.45. The van der Waals surface area contributed by atoms with Gasteiger partial charge in [-0.2, -0.15) is 0 Å². The van der Waals surface area contributed by atoms with Crippen LogP contribution in [0.2, 0.25) is 0 Å². The predicted molar refractivity (Wildman–Crippen MR) is 106 cm³/mol.